The third kappa shape index (κ3) is 5.04. The van der Waals surface area contributed by atoms with Gasteiger partial charge in [0.05, 0.1) is 11.6 Å². The number of hydrogen-bond donors (Lipinski definition) is 2. The predicted octanol–water partition coefficient (Wildman–Crippen LogP) is 1.58. The zero-order chi connectivity index (χ0) is 12.9. The van der Waals surface area contributed by atoms with Gasteiger partial charge in [-0.25, -0.2) is 0 Å². The van der Waals surface area contributed by atoms with Gasteiger partial charge >= 0.3 is 0 Å². The van der Waals surface area contributed by atoms with Crippen molar-refractivity contribution in [3.63, 3.8) is 0 Å². The summed E-state index contributed by atoms with van der Waals surface area (Å²) in [5.41, 5.74) is 4.90. The number of amides is 1. The Morgan fingerprint density at radius 3 is 2.71 bits per heavy atom. The Balaban J connectivity index is 2.26. The maximum atomic E-state index is 11.5. The molecule has 4 heteroatoms. The van der Waals surface area contributed by atoms with Crippen molar-refractivity contribution >= 4 is 5.91 Å². The van der Waals surface area contributed by atoms with Gasteiger partial charge in [-0.15, -0.1) is 0 Å². The van der Waals surface area contributed by atoms with E-state index >= 15 is 0 Å². The van der Waals surface area contributed by atoms with Crippen LogP contribution in [0.3, 0.4) is 0 Å². The molecule has 1 aliphatic rings. The molecule has 0 bridgehead atoms. The molecule has 4 nitrogen and oxygen atoms in total. The van der Waals surface area contributed by atoms with Gasteiger partial charge in [-0.3, -0.25) is 4.79 Å². The van der Waals surface area contributed by atoms with Gasteiger partial charge in [0, 0.05) is 12.6 Å². The van der Waals surface area contributed by atoms with E-state index in [0.717, 1.165) is 32.1 Å². The molecule has 100 valence electrons. The van der Waals surface area contributed by atoms with Crippen LogP contribution in [-0.2, 0) is 9.53 Å². The average molecular weight is 242 g/mol. The first-order valence-corrected chi connectivity index (χ1v) is 6.67. The third-order valence-electron chi connectivity index (χ3n) is 3.44. The highest BCUT2D eigenvalue weighted by atomic mass is 16.5. The summed E-state index contributed by atoms with van der Waals surface area (Å²) in [5, 5.41) is 3.34. The highest BCUT2D eigenvalue weighted by Crippen LogP contribution is 2.24. The van der Waals surface area contributed by atoms with Gasteiger partial charge in [-0.1, -0.05) is 6.92 Å². The minimum atomic E-state index is -0.569. The fraction of sp³-hybridized carbons (Fsp3) is 0.923. The third-order valence-corrected chi connectivity index (χ3v) is 3.44. The Kier molecular flexibility index (Phi) is 5.40. The van der Waals surface area contributed by atoms with Crippen molar-refractivity contribution in [2.45, 2.75) is 70.6 Å². The van der Waals surface area contributed by atoms with Gasteiger partial charge in [0.1, 0.15) is 0 Å². The maximum Gasteiger partial charge on any atom is 0.237 e. The summed E-state index contributed by atoms with van der Waals surface area (Å²) >= 11 is 0. The lowest BCUT2D eigenvalue weighted by molar-refractivity contribution is -0.124. The minimum Gasteiger partial charge on any atom is -0.379 e. The van der Waals surface area contributed by atoms with Crippen LogP contribution in [0.15, 0.2) is 0 Å². The monoisotopic (exact) mass is 242 g/mol. The fourth-order valence-corrected chi connectivity index (χ4v) is 1.77. The molecule has 1 rings (SSSR count). The molecule has 0 aromatic rings. The molecule has 0 radical (unpaired) electrons. The second-order valence-electron chi connectivity index (χ2n) is 5.31. The number of ether oxygens (including phenoxy) is 1. The van der Waals surface area contributed by atoms with Crippen molar-refractivity contribution in [1.29, 1.82) is 0 Å². The van der Waals surface area contributed by atoms with E-state index in [1.807, 2.05) is 6.92 Å². The van der Waals surface area contributed by atoms with Gasteiger partial charge in [0.25, 0.3) is 0 Å². The number of carbonyl (C=O) groups is 1. The van der Waals surface area contributed by atoms with Crippen LogP contribution in [0.4, 0.5) is 0 Å². The first-order valence-electron chi connectivity index (χ1n) is 6.67. The summed E-state index contributed by atoms with van der Waals surface area (Å²) in [6.45, 7) is 6.77. The Morgan fingerprint density at radius 1 is 1.59 bits per heavy atom. The van der Waals surface area contributed by atoms with E-state index in [-0.39, 0.29) is 5.91 Å². The molecule has 2 atom stereocenters. The van der Waals surface area contributed by atoms with Crippen LogP contribution >= 0.6 is 0 Å². The van der Waals surface area contributed by atoms with Crippen LogP contribution in [-0.4, -0.2) is 30.2 Å². The van der Waals surface area contributed by atoms with Crippen LogP contribution in [0.5, 0.6) is 0 Å². The van der Waals surface area contributed by atoms with Crippen LogP contribution in [0.2, 0.25) is 0 Å². The van der Waals surface area contributed by atoms with Crippen molar-refractivity contribution in [3.8, 4) is 0 Å². The summed E-state index contributed by atoms with van der Waals surface area (Å²) in [4.78, 5) is 11.5. The quantitative estimate of drug-likeness (QED) is 0.603. The minimum absolute atomic E-state index is 0.257. The Labute approximate surface area is 104 Å². The van der Waals surface area contributed by atoms with Gasteiger partial charge in [-0.05, 0) is 46.0 Å². The van der Waals surface area contributed by atoms with E-state index in [1.54, 1.807) is 0 Å². The molecule has 1 amide bonds. The lowest BCUT2D eigenvalue weighted by atomic mass is 9.95. The maximum absolute atomic E-state index is 11.5. The molecule has 1 fully saturated rings. The van der Waals surface area contributed by atoms with Crippen LogP contribution in [0.25, 0.3) is 0 Å². The molecule has 0 saturated heterocycles. The second kappa shape index (κ2) is 6.36. The summed E-state index contributed by atoms with van der Waals surface area (Å²) < 4.78 is 5.61. The SMILES string of the molecule is CCC(C)OCCCC(C)(NC1CC1)C(N)=O. The first-order chi connectivity index (χ1) is 7.98. The summed E-state index contributed by atoms with van der Waals surface area (Å²) in [5.74, 6) is -0.257. The topological polar surface area (TPSA) is 64.3 Å². The molecule has 0 spiro atoms. The summed E-state index contributed by atoms with van der Waals surface area (Å²) in [7, 11) is 0. The predicted molar refractivity (Wildman–Crippen MR) is 68.7 cm³/mol. The van der Waals surface area contributed by atoms with E-state index in [4.69, 9.17) is 10.5 Å². The van der Waals surface area contributed by atoms with E-state index in [9.17, 15) is 4.79 Å². The van der Waals surface area contributed by atoms with Crippen molar-refractivity contribution < 1.29 is 9.53 Å². The molecule has 0 aliphatic heterocycles. The fourth-order valence-electron chi connectivity index (χ4n) is 1.77. The molecule has 0 aromatic carbocycles. The number of hydrogen-bond acceptors (Lipinski definition) is 3. The molecule has 1 saturated carbocycles. The van der Waals surface area contributed by atoms with Gasteiger partial charge in [0.2, 0.25) is 5.91 Å². The molecule has 0 heterocycles. The van der Waals surface area contributed by atoms with Gasteiger partial charge < -0.3 is 15.8 Å². The number of rotatable bonds is 9. The van der Waals surface area contributed by atoms with Crippen LogP contribution in [0, 0.1) is 0 Å². The zero-order valence-electron chi connectivity index (χ0n) is 11.3. The van der Waals surface area contributed by atoms with Crippen molar-refractivity contribution in [2.75, 3.05) is 6.61 Å². The largest absolute Gasteiger partial charge is 0.379 e. The zero-order valence-corrected chi connectivity index (χ0v) is 11.3. The smallest absolute Gasteiger partial charge is 0.237 e. The summed E-state index contributed by atoms with van der Waals surface area (Å²) in [6, 6.07) is 0.489. The van der Waals surface area contributed by atoms with Gasteiger partial charge in [-0.2, -0.15) is 0 Å². The molecular formula is C13H26N2O2. The molecule has 17 heavy (non-hydrogen) atoms. The second-order valence-corrected chi connectivity index (χ2v) is 5.31. The normalized spacial score (nSPS) is 20.9. The van der Waals surface area contributed by atoms with Crippen LogP contribution < -0.4 is 11.1 Å². The van der Waals surface area contributed by atoms with E-state index in [2.05, 4.69) is 19.2 Å². The van der Waals surface area contributed by atoms with Crippen molar-refractivity contribution in [1.82, 2.24) is 5.32 Å². The summed E-state index contributed by atoms with van der Waals surface area (Å²) in [6.07, 6.45) is 5.25. The highest BCUT2D eigenvalue weighted by molar-refractivity contribution is 5.84. The number of nitrogens with one attached hydrogen (secondary N) is 1. The molecule has 3 N–H and O–H groups in total. The Morgan fingerprint density at radius 2 is 2.24 bits per heavy atom. The van der Waals surface area contributed by atoms with Crippen molar-refractivity contribution in [2.24, 2.45) is 5.73 Å². The average Bonchev–Trinajstić information content (AvgIpc) is 3.07. The molecule has 2 unspecified atom stereocenters. The lowest BCUT2D eigenvalue weighted by Gasteiger charge is -2.27. The standard InChI is InChI=1S/C13H26N2O2/c1-4-10(2)17-9-5-8-13(3,12(14)16)15-11-6-7-11/h10-11,15H,4-9H2,1-3H3,(H2,14,16). The Hall–Kier alpha value is -0.610. The van der Waals surface area contributed by atoms with Gasteiger partial charge in [0.15, 0.2) is 0 Å². The molecule has 0 aromatic heterocycles. The van der Waals surface area contributed by atoms with Crippen molar-refractivity contribution in [3.05, 3.63) is 0 Å². The number of primary amides is 1. The van der Waals surface area contributed by atoms with E-state index in [1.165, 1.54) is 0 Å². The number of nitrogens with two attached hydrogens (primary N) is 1. The highest BCUT2D eigenvalue weighted by Gasteiger charge is 2.36. The number of carbonyl (C=O) groups excluding carboxylic acids is 1. The van der Waals surface area contributed by atoms with E-state index in [0.29, 0.717) is 18.8 Å². The first kappa shape index (κ1) is 14.5. The molecular weight excluding hydrogens is 216 g/mol. The van der Waals surface area contributed by atoms with E-state index < -0.39 is 5.54 Å². The molecule has 1 aliphatic carbocycles. The Bertz CT molecular complexity index is 254. The lowest BCUT2D eigenvalue weighted by Crippen LogP contribution is -2.54. The van der Waals surface area contributed by atoms with Crippen LogP contribution in [0.1, 0.15) is 52.9 Å².